The van der Waals surface area contributed by atoms with Crippen LogP contribution < -0.4 is 4.74 Å². The Balaban J connectivity index is 2.64. The fourth-order valence-corrected chi connectivity index (χ4v) is 1.31. The molecule has 0 fully saturated rings. The summed E-state index contributed by atoms with van der Waals surface area (Å²) in [4.78, 5) is 10.4. The first kappa shape index (κ1) is 11.6. The van der Waals surface area contributed by atoms with Crippen LogP contribution in [0.25, 0.3) is 0 Å². The summed E-state index contributed by atoms with van der Waals surface area (Å²) in [5.74, 6) is -0.113. The van der Waals surface area contributed by atoms with Crippen LogP contribution in [0.1, 0.15) is 24.5 Å². The topological polar surface area (TPSA) is 46.5 Å². The molecule has 0 saturated carbocycles. The monoisotopic (exact) mass is 208 g/mol. The van der Waals surface area contributed by atoms with Gasteiger partial charge in [0.25, 0.3) is 0 Å². The summed E-state index contributed by atoms with van der Waals surface area (Å²) in [5, 5.41) is 8.58. The third-order valence-corrected chi connectivity index (χ3v) is 2.28. The van der Waals surface area contributed by atoms with Gasteiger partial charge in [-0.05, 0) is 44.0 Å². The summed E-state index contributed by atoms with van der Waals surface area (Å²) in [6.07, 6.45) is -0.281. The minimum atomic E-state index is -0.841. The van der Waals surface area contributed by atoms with Gasteiger partial charge < -0.3 is 9.84 Å². The van der Waals surface area contributed by atoms with Crippen molar-refractivity contribution in [2.24, 2.45) is 0 Å². The van der Waals surface area contributed by atoms with Crippen LogP contribution in [0.2, 0.25) is 0 Å². The molecule has 0 saturated heterocycles. The van der Waals surface area contributed by atoms with Crippen LogP contribution in [0.4, 0.5) is 0 Å². The van der Waals surface area contributed by atoms with Crippen LogP contribution in [0.15, 0.2) is 18.2 Å². The second-order valence-electron chi connectivity index (χ2n) is 3.77. The average Bonchev–Trinajstić information content (AvgIpc) is 2.10. The fraction of sp³-hybridized carbons (Fsp3) is 0.417. The maximum Gasteiger partial charge on any atom is 0.307 e. The predicted octanol–water partition coefficient (Wildman–Crippen LogP) is 2.55. The Morgan fingerprint density at radius 2 is 2.07 bits per heavy atom. The summed E-state index contributed by atoms with van der Waals surface area (Å²) in [5.41, 5.74) is 2.35. The van der Waals surface area contributed by atoms with Crippen molar-refractivity contribution in [1.29, 1.82) is 0 Å². The summed E-state index contributed by atoms with van der Waals surface area (Å²) >= 11 is 0. The Hall–Kier alpha value is -1.51. The zero-order valence-corrected chi connectivity index (χ0v) is 9.28. The maximum atomic E-state index is 10.4. The molecule has 3 nitrogen and oxygen atoms in total. The Kier molecular flexibility index (Phi) is 3.72. The van der Waals surface area contributed by atoms with Crippen molar-refractivity contribution in [2.75, 3.05) is 0 Å². The molecule has 0 unspecified atom stereocenters. The lowest BCUT2D eigenvalue weighted by Gasteiger charge is -2.13. The van der Waals surface area contributed by atoms with Gasteiger partial charge in [0.1, 0.15) is 11.9 Å². The molecule has 0 radical (unpaired) electrons. The van der Waals surface area contributed by atoms with Crippen LogP contribution >= 0.6 is 0 Å². The second-order valence-corrected chi connectivity index (χ2v) is 3.77. The highest BCUT2D eigenvalue weighted by atomic mass is 16.5. The van der Waals surface area contributed by atoms with E-state index < -0.39 is 5.97 Å². The molecule has 0 amide bonds. The Bertz CT molecular complexity index is 358. The van der Waals surface area contributed by atoms with Gasteiger partial charge in [0, 0.05) is 0 Å². The van der Waals surface area contributed by atoms with Crippen LogP contribution in [0.3, 0.4) is 0 Å². The standard InChI is InChI=1S/C12H16O3/c1-8-4-5-11(6-9(8)2)15-10(3)7-12(13)14/h4-6,10H,7H2,1-3H3,(H,13,14)/t10-/m1/s1. The van der Waals surface area contributed by atoms with E-state index in [1.807, 2.05) is 32.0 Å². The quantitative estimate of drug-likeness (QED) is 0.827. The SMILES string of the molecule is Cc1ccc(O[C@H](C)CC(=O)O)cc1C. The van der Waals surface area contributed by atoms with Crippen molar-refractivity contribution in [3.8, 4) is 5.75 Å². The number of rotatable bonds is 4. The fourth-order valence-electron chi connectivity index (χ4n) is 1.31. The van der Waals surface area contributed by atoms with Crippen LogP contribution in [0.5, 0.6) is 5.75 Å². The number of hydrogen-bond acceptors (Lipinski definition) is 2. The van der Waals surface area contributed by atoms with Gasteiger partial charge in [-0.15, -0.1) is 0 Å². The van der Waals surface area contributed by atoms with Crippen LogP contribution in [-0.4, -0.2) is 17.2 Å². The molecule has 1 aromatic rings. The highest BCUT2D eigenvalue weighted by molar-refractivity contribution is 5.67. The normalized spacial score (nSPS) is 12.2. The molecule has 0 aliphatic carbocycles. The zero-order valence-electron chi connectivity index (χ0n) is 9.28. The van der Waals surface area contributed by atoms with Gasteiger partial charge in [0.05, 0.1) is 6.42 Å². The van der Waals surface area contributed by atoms with Gasteiger partial charge >= 0.3 is 5.97 Å². The van der Waals surface area contributed by atoms with E-state index in [0.717, 1.165) is 11.3 Å². The lowest BCUT2D eigenvalue weighted by Crippen LogP contribution is -2.16. The molecule has 1 aromatic carbocycles. The first-order chi connectivity index (χ1) is 6.99. The number of benzene rings is 1. The summed E-state index contributed by atoms with van der Waals surface area (Å²) in [6.45, 7) is 5.78. The van der Waals surface area contributed by atoms with E-state index in [2.05, 4.69) is 0 Å². The molecule has 15 heavy (non-hydrogen) atoms. The summed E-state index contributed by atoms with van der Waals surface area (Å²) < 4.78 is 5.48. The first-order valence-electron chi connectivity index (χ1n) is 4.94. The van der Waals surface area contributed by atoms with Crippen molar-refractivity contribution in [3.63, 3.8) is 0 Å². The second kappa shape index (κ2) is 4.82. The predicted molar refractivity (Wildman–Crippen MR) is 58.3 cm³/mol. The van der Waals surface area contributed by atoms with Crippen molar-refractivity contribution in [1.82, 2.24) is 0 Å². The van der Waals surface area contributed by atoms with E-state index in [1.165, 1.54) is 5.56 Å². The van der Waals surface area contributed by atoms with Crippen LogP contribution in [0, 0.1) is 13.8 Å². The average molecular weight is 208 g/mol. The van der Waals surface area contributed by atoms with E-state index >= 15 is 0 Å². The summed E-state index contributed by atoms with van der Waals surface area (Å²) in [7, 11) is 0. The number of aryl methyl sites for hydroxylation is 2. The molecule has 0 aliphatic heterocycles. The molecule has 1 atom stereocenters. The van der Waals surface area contributed by atoms with E-state index in [0.29, 0.717) is 0 Å². The van der Waals surface area contributed by atoms with Crippen molar-refractivity contribution in [3.05, 3.63) is 29.3 Å². The number of ether oxygens (including phenoxy) is 1. The number of carbonyl (C=O) groups is 1. The Morgan fingerprint density at radius 1 is 1.40 bits per heavy atom. The van der Waals surface area contributed by atoms with Gasteiger partial charge in [0.15, 0.2) is 0 Å². The molecule has 3 heteroatoms. The highest BCUT2D eigenvalue weighted by Crippen LogP contribution is 2.18. The Morgan fingerprint density at radius 3 is 2.60 bits per heavy atom. The minimum absolute atomic E-state index is 0.0208. The van der Waals surface area contributed by atoms with Gasteiger partial charge in [0.2, 0.25) is 0 Å². The highest BCUT2D eigenvalue weighted by Gasteiger charge is 2.09. The molecule has 82 valence electrons. The van der Waals surface area contributed by atoms with Gasteiger partial charge in [-0.3, -0.25) is 4.79 Å². The Labute approximate surface area is 89.7 Å². The van der Waals surface area contributed by atoms with Crippen molar-refractivity contribution in [2.45, 2.75) is 33.3 Å². The lowest BCUT2D eigenvalue weighted by molar-refractivity contribution is -0.138. The molecular weight excluding hydrogens is 192 g/mol. The van der Waals surface area contributed by atoms with E-state index in [-0.39, 0.29) is 12.5 Å². The molecule has 1 N–H and O–H groups in total. The van der Waals surface area contributed by atoms with Gasteiger partial charge in [-0.1, -0.05) is 6.07 Å². The molecule has 0 aliphatic rings. The summed E-state index contributed by atoms with van der Waals surface area (Å²) in [6, 6.07) is 5.76. The number of hydrogen-bond donors (Lipinski definition) is 1. The molecule has 0 heterocycles. The first-order valence-corrected chi connectivity index (χ1v) is 4.94. The van der Waals surface area contributed by atoms with Crippen LogP contribution in [-0.2, 0) is 4.79 Å². The smallest absolute Gasteiger partial charge is 0.307 e. The molecule has 0 aromatic heterocycles. The van der Waals surface area contributed by atoms with Crippen molar-refractivity contribution >= 4 is 5.97 Å². The van der Waals surface area contributed by atoms with E-state index in [1.54, 1.807) is 6.92 Å². The number of carboxylic acid groups (broad SMARTS) is 1. The third kappa shape index (κ3) is 3.62. The van der Waals surface area contributed by atoms with Gasteiger partial charge in [-0.25, -0.2) is 0 Å². The largest absolute Gasteiger partial charge is 0.490 e. The zero-order chi connectivity index (χ0) is 11.4. The molecule has 0 bridgehead atoms. The number of aliphatic carboxylic acids is 1. The maximum absolute atomic E-state index is 10.4. The lowest BCUT2D eigenvalue weighted by atomic mass is 10.1. The molecule has 1 rings (SSSR count). The molecule has 0 spiro atoms. The van der Waals surface area contributed by atoms with Gasteiger partial charge in [-0.2, -0.15) is 0 Å². The van der Waals surface area contributed by atoms with E-state index in [9.17, 15) is 4.79 Å². The van der Waals surface area contributed by atoms with Crippen molar-refractivity contribution < 1.29 is 14.6 Å². The van der Waals surface area contributed by atoms with E-state index in [4.69, 9.17) is 9.84 Å². The molecular formula is C12H16O3. The third-order valence-electron chi connectivity index (χ3n) is 2.28. The number of carboxylic acids is 1. The minimum Gasteiger partial charge on any atom is -0.490 e.